The molecule has 7 heteroatoms. The van der Waals surface area contributed by atoms with Crippen molar-refractivity contribution in [2.24, 2.45) is 0 Å². The second-order valence-corrected chi connectivity index (χ2v) is 8.92. The van der Waals surface area contributed by atoms with E-state index in [0.29, 0.717) is 21.8 Å². The molecule has 0 radical (unpaired) electrons. The number of rotatable bonds is 4. The summed E-state index contributed by atoms with van der Waals surface area (Å²) in [5, 5.41) is 21.6. The van der Waals surface area contributed by atoms with Crippen molar-refractivity contribution in [3.63, 3.8) is 0 Å². The minimum absolute atomic E-state index is 0.00442. The molecule has 2 saturated heterocycles. The Hall–Kier alpha value is -3.77. The number of phenols is 1. The van der Waals surface area contributed by atoms with Crippen LogP contribution in [0.2, 0.25) is 5.02 Å². The van der Waals surface area contributed by atoms with Gasteiger partial charge in [0.1, 0.15) is 11.5 Å². The monoisotopic (exact) mass is 474 g/mol. The first-order valence-corrected chi connectivity index (χ1v) is 11.5. The molecule has 2 aliphatic heterocycles. The van der Waals surface area contributed by atoms with Gasteiger partial charge in [0.05, 0.1) is 11.6 Å². The Kier molecular flexibility index (Phi) is 5.75. The predicted octanol–water partition coefficient (Wildman–Crippen LogP) is 5.27. The van der Waals surface area contributed by atoms with Gasteiger partial charge in [-0.25, -0.2) is 0 Å². The van der Waals surface area contributed by atoms with Crippen LogP contribution < -0.4 is 9.80 Å². The van der Waals surface area contributed by atoms with E-state index < -0.39 is 17.7 Å². The molecular formula is C27H23ClN2O4. The average molecular weight is 475 g/mol. The zero-order valence-electron chi connectivity index (χ0n) is 18.3. The summed E-state index contributed by atoms with van der Waals surface area (Å²) in [6.07, 6.45) is 2.30. The van der Waals surface area contributed by atoms with Crippen LogP contribution in [0.4, 0.5) is 11.4 Å². The Labute approximate surface area is 202 Å². The van der Waals surface area contributed by atoms with E-state index in [-0.39, 0.29) is 17.1 Å². The van der Waals surface area contributed by atoms with E-state index in [2.05, 4.69) is 4.90 Å². The SMILES string of the molecule is O=C1C(=O)N(c2ccc(N3CCCC3)cc2)C(c2cccc(O)c2)/C1=C(\O)c1cccc(Cl)c1. The Morgan fingerprint density at radius 1 is 0.882 bits per heavy atom. The van der Waals surface area contributed by atoms with E-state index in [0.717, 1.165) is 31.6 Å². The van der Waals surface area contributed by atoms with Crippen molar-refractivity contribution < 1.29 is 19.8 Å². The van der Waals surface area contributed by atoms with E-state index in [1.165, 1.54) is 23.1 Å². The molecule has 2 heterocycles. The largest absolute Gasteiger partial charge is 0.508 e. The second-order valence-electron chi connectivity index (χ2n) is 8.48. The van der Waals surface area contributed by atoms with Gasteiger partial charge in [-0.2, -0.15) is 0 Å². The maximum absolute atomic E-state index is 13.3. The fraction of sp³-hybridized carbons (Fsp3) is 0.185. The van der Waals surface area contributed by atoms with Crippen molar-refractivity contribution in [2.45, 2.75) is 18.9 Å². The summed E-state index contributed by atoms with van der Waals surface area (Å²) in [6, 6.07) is 19.4. The average Bonchev–Trinajstić information content (AvgIpc) is 3.46. The molecule has 1 atom stereocenters. The molecule has 0 bridgehead atoms. The summed E-state index contributed by atoms with van der Waals surface area (Å²) in [5.41, 5.74) is 2.38. The highest BCUT2D eigenvalue weighted by molar-refractivity contribution is 6.51. The standard InChI is InChI=1S/C27H23ClN2O4/c28-19-7-3-6-18(15-19)25(32)23-24(17-5-4-8-22(31)16-17)30(27(34)26(23)33)21-11-9-20(10-12-21)29-13-1-2-14-29/h3-12,15-16,24,31-32H,1-2,13-14H2/b25-23+. The topological polar surface area (TPSA) is 81.1 Å². The van der Waals surface area contributed by atoms with Crippen LogP contribution in [0, 0.1) is 0 Å². The first-order valence-electron chi connectivity index (χ1n) is 11.1. The van der Waals surface area contributed by atoms with Crippen LogP contribution in [0.1, 0.15) is 30.0 Å². The van der Waals surface area contributed by atoms with Crippen molar-refractivity contribution in [3.8, 4) is 5.75 Å². The van der Waals surface area contributed by atoms with Gasteiger partial charge in [-0.1, -0.05) is 35.9 Å². The van der Waals surface area contributed by atoms with Gasteiger partial charge in [0, 0.05) is 35.1 Å². The number of phenolic OH excluding ortho intramolecular Hbond substituents is 1. The van der Waals surface area contributed by atoms with Gasteiger partial charge in [-0.05, 0) is 66.9 Å². The van der Waals surface area contributed by atoms with Gasteiger partial charge in [0.2, 0.25) is 0 Å². The van der Waals surface area contributed by atoms with E-state index in [1.54, 1.807) is 30.3 Å². The lowest BCUT2D eigenvalue weighted by Crippen LogP contribution is -2.29. The predicted molar refractivity (Wildman–Crippen MR) is 132 cm³/mol. The quantitative estimate of drug-likeness (QED) is 0.306. The molecule has 0 saturated carbocycles. The van der Waals surface area contributed by atoms with Crippen LogP contribution in [0.3, 0.4) is 0 Å². The Morgan fingerprint density at radius 3 is 2.24 bits per heavy atom. The third-order valence-electron chi connectivity index (χ3n) is 6.33. The summed E-state index contributed by atoms with van der Waals surface area (Å²) in [6.45, 7) is 1.99. The van der Waals surface area contributed by atoms with Gasteiger partial charge in [0.15, 0.2) is 0 Å². The lowest BCUT2D eigenvalue weighted by molar-refractivity contribution is -0.132. The number of aliphatic hydroxyl groups is 1. The second kappa shape index (κ2) is 8.88. The maximum Gasteiger partial charge on any atom is 0.300 e. The molecule has 2 aliphatic rings. The highest BCUT2D eigenvalue weighted by atomic mass is 35.5. The first-order chi connectivity index (χ1) is 16.4. The Balaban J connectivity index is 1.64. The molecule has 3 aromatic rings. The van der Waals surface area contributed by atoms with E-state index >= 15 is 0 Å². The Morgan fingerprint density at radius 2 is 1.56 bits per heavy atom. The van der Waals surface area contributed by atoms with Crippen molar-refractivity contribution in [3.05, 3.63) is 94.5 Å². The summed E-state index contributed by atoms with van der Waals surface area (Å²) in [7, 11) is 0. The van der Waals surface area contributed by atoms with Gasteiger partial charge in [0.25, 0.3) is 11.7 Å². The summed E-state index contributed by atoms with van der Waals surface area (Å²) in [4.78, 5) is 30.1. The number of anilines is 2. The van der Waals surface area contributed by atoms with Crippen molar-refractivity contribution in [1.82, 2.24) is 0 Å². The minimum Gasteiger partial charge on any atom is -0.508 e. The number of aliphatic hydroxyl groups excluding tert-OH is 1. The molecule has 0 spiro atoms. The molecule has 2 fully saturated rings. The van der Waals surface area contributed by atoms with Crippen LogP contribution >= 0.6 is 11.6 Å². The molecule has 1 amide bonds. The van der Waals surface area contributed by atoms with Crippen LogP contribution in [-0.2, 0) is 9.59 Å². The highest BCUT2D eigenvalue weighted by Crippen LogP contribution is 2.43. The van der Waals surface area contributed by atoms with E-state index in [9.17, 15) is 19.8 Å². The van der Waals surface area contributed by atoms with Gasteiger partial charge >= 0.3 is 0 Å². The van der Waals surface area contributed by atoms with Gasteiger partial charge < -0.3 is 15.1 Å². The number of halogens is 1. The fourth-order valence-electron chi connectivity index (χ4n) is 4.70. The molecule has 1 unspecified atom stereocenters. The summed E-state index contributed by atoms with van der Waals surface area (Å²) >= 11 is 6.10. The zero-order valence-corrected chi connectivity index (χ0v) is 19.1. The zero-order chi connectivity index (χ0) is 23.8. The van der Waals surface area contributed by atoms with Crippen molar-refractivity contribution >= 4 is 40.4 Å². The molecule has 5 rings (SSSR count). The molecular weight excluding hydrogens is 452 g/mol. The molecule has 172 valence electrons. The molecule has 2 N–H and O–H groups in total. The number of Topliss-reactive ketones (excluding diaryl/α,β-unsaturated/α-hetero) is 1. The van der Waals surface area contributed by atoms with Gasteiger partial charge in [-0.3, -0.25) is 14.5 Å². The number of carbonyl (C=O) groups is 2. The van der Waals surface area contributed by atoms with Crippen LogP contribution in [0.5, 0.6) is 5.75 Å². The molecule has 0 aromatic heterocycles. The van der Waals surface area contributed by atoms with Gasteiger partial charge in [-0.15, -0.1) is 0 Å². The molecule has 3 aromatic carbocycles. The van der Waals surface area contributed by atoms with E-state index in [4.69, 9.17) is 11.6 Å². The first kappa shape index (κ1) is 22.0. The highest BCUT2D eigenvalue weighted by Gasteiger charge is 2.47. The number of carbonyl (C=O) groups excluding carboxylic acids is 2. The smallest absolute Gasteiger partial charge is 0.300 e. The number of nitrogens with zero attached hydrogens (tertiary/aromatic N) is 2. The third kappa shape index (κ3) is 3.90. The Bertz CT molecular complexity index is 1300. The number of hydrogen-bond donors (Lipinski definition) is 2. The normalized spacial score (nSPS) is 19.7. The number of benzene rings is 3. The number of ketones is 1. The van der Waals surface area contributed by atoms with Crippen molar-refractivity contribution in [1.29, 1.82) is 0 Å². The summed E-state index contributed by atoms with van der Waals surface area (Å²) < 4.78 is 0. The maximum atomic E-state index is 13.3. The lowest BCUT2D eigenvalue weighted by Gasteiger charge is -2.26. The van der Waals surface area contributed by atoms with Crippen molar-refractivity contribution in [2.75, 3.05) is 22.9 Å². The third-order valence-corrected chi connectivity index (χ3v) is 6.56. The number of hydrogen-bond acceptors (Lipinski definition) is 5. The van der Waals surface area contributed by atoms with Crippen LogP contribution in [0.15, 0.2) is 78.4 Å². The molecule has 34 heavy (non-hydrogen) atoms. The summed E-state index contributed by atoms with van der Waals surface area (Å²) in [5.74, 6) is -1.86. The lowest BCUT2D eigenvalue weighted by atomic mass is 9.95. The number of amides is 1. The minimum atomic E-state index is -0.913. The van der Waals surface area contributed by atoms with E-state index in [1.807, 2.05) is 24.3 Å². The van der Waals surface area contributed by atoms with Crippen LogP contribution in [0.25, 0.3) is 5.76 Å². The van der Waals surface area contributed by atoms with Crippen LogP contribution in [-0.4, -0.2) is 35.0 Å². The molecule has 0 aliphatic carbocycles. The molecule has 6 nitrogen and oxygen atoms in total. The number of aromatic hydroxyl groups is 1. The fourth-order valence-corrected chi connectivity index (χ4v) is 4.89.